The number of hydrogen-bond acceptors (Lipinski definition) is 2. The van der Waals surface area contributed by atoms with Gasteiger partial charge in [0.15, 0.2) is 0 Å². The molecule has 0 saturated heterocycles. The zero-order valence-electron chi connectivity index (χ0n) is 9.29. The van der Waals surface area contributed by atoms with Crippen LogP contribution in [0.2, 0.25) is 15.1 Å². The van der Waals surface area contributed by atoms with E-state index in [1.54, 1.807) is 30.3 Å². The summed E-state index contributed by atoms with van der Waals surface area (Å²) in [7, 11) is 0. The number of ether oxygens (including phenoxy) is 1. The molecule has 2 rings (SSSR count). The van der Waals surface area contributed by atoms with E-state index in [9.17, 15) is 0 Å². The molecule has 0 radical (unpaired) electrons. The van der Waals surface area contributed by atoms with E-state index >= 15 is 0 Å². The minimum atomic E-state index is 0.373. The molecule has 0 amide bonds. The maximum Gasteiger partial charge on any atom is 0.122 e. The molecule has 0 saturated carbocycles. The van der Waals surface area contributed by atoms with Crippen LogP contribution >= 0.6 is 34.8 Å². The summed E-state index contributed by atoms with van der Waals surface area (Å²) in [4.78, 5) is 0. The Morgan fingerprint density at radius 1 is 0.944 bits per heavy atom. The summed E-state index contributed by atoms with van der Waals surface area (Å²) in [5.41, 5.74) is 7.16. The predicted molar refractivity (Wildman–Crippen MR) is 76.7 cm³/mol. The lowest BCUT2D eigenvalue weighted by Gasteiger charge is -2.08. The average Bonchev–Trinajstić information content (AvgIpc) is 2.29. The summed E-state index contributed by atoms with van der Waals surface area (Å²) in [6.45, 7) is 0.373. The second-order valence-electron chi connectivity index (χ2n) is 3.75. The number of anilines is 1. The van der Waals surface area contributed by atoms with Gasteiger partial charge in [-0.05, 0) is 35.9 Å². The van der Waals surface area contributed by atoms with Gasteiger partial charge in [0.1, 0.15) is 12.4 Å². The summed E-state index contributed by atoms with van der Waals surface area (Å²) >= 11 is 17.6. The molecule has 18 heavy (non-hydrogen) atoms. The second kappa shape index (κ2) is 5.70. The van der Waals surface area contributed by atoms with E-state index in [1.165, 1.54) is 0 Å². The van der Waals surface area contributed by atoms with Crippen LogP contribution < -0.4 is 10.5 Å². The molecular weight excluding hydrogens is 293 g/mol. The van der Waals surface area contributed by atoms with Gasteiger partial charge in [0, 0.05) is 10.0 Å². The van der Waals surface area contributed by atoms with Crippen molar-refractivity contribution in [2.24, 2.45) is 0 Å². The second-order valence-corrected chi connectivity index (χ2v) is 5.03. The first-order valence-corrected chi connectivity index (χ1v) is 6.31. The third-order valence-corrected chi connectivity index (χ3v) is 3.08. The smallest absolute Gasteiger partial charge is 0.122 e. The molecule has 2 aromatic rings. The summed E-state index contributed by atoms with van der Waals surface area (Å²) in [5.74, 6) is 0.612. The predicted octanol–water partition coefficient (Wildman–Crippen LogP) is 4.81. The standard InChI is InChI=1S/C13H10Cl3NO/c14-9-4-10(15)6-11(5-9)18-7-8-1-2-12(16)13(17)3-8/h1-6H,7,17H2. The van der Waals surface area contributed by atoms with Crippen LogP contribution in [0.1, 0.15) is 5.56 Å². The molecular formula is C13H10Cl3NO. The van der Waals surface area contributed by atoms with Crippen molar-refractivity contribution in [1.29, 1.82) is 0 Å². The van der Waals surface area contributed by atoms with E-state index in [-0.39, 0.29) is 0 Å². The van der Waals surface area contributed by atoms with Crippen LogP contribution in [0.5, 0.6) is 5.75 Å². The van der Waals surface area contributed by atoms with E-state index in [1.807, 2.05) is 6.07 Å². The van der Waals surface area contributed by atoms with E-state index in [0.717, 1.165) is 5.56 Å². The fourth-order valence-corrected chi connectivity index (χ4v) is 2.09. The number of nitrogen functional groups attached to an aromatic ring is 1. The summed E-state index contributed by atoms with van der Waals surface area (Å²) < 4.78 is 5.58. The van der Waals surface area contributed by atoms with Crippen molar-refractivity contribution in [2.75, 3.05) is 5.73 Å². The monoisotopic (exact) mass is 301 g/mol. The van der Waals surface area contributed by atoms with Crippen LogP contribution in [0.25, 0.3) is 0 Å². The number of benzene rings is 2. The van der Waals surface area contributed by atoms with Crippen molar-refractivity contribution in [3.63, 3.8) is 0 Å². The van der Waals surface area contributed by atoms with Crippen LogP contribution in [0.4, 0.5) is 5.69 Å². The Bertz CT molecular complexity index is 552. The van der Waals surface area contributed by atoms with Crippen molar-refractivity contribution < 1.29 is 4.74 Å². The Labute approximate surface area is 120 Å². The highest BCUT2D eigenvalue weighted by Crippen LogP contribution is 2.25. The third-order valence-electron chi connectivity index (χ3n) is 2.30. The zero-order chi connectivity index (χ0) is 13.1. The van der Waals surface area contributed by atoms with Crippen LogP contribution in [-0.4, -0.2) is 0 Å². The molecule has 0 fully saturated rings. The molecule has 0 bridgehead atoms. The third kappa shape index (κ3) is 3.45. The molecule has 0 atom stereocenters. The van der Waals surface area contributed by atoms with Gasteiger partial charge in [-0.3, -0.25) is 0 Å². The lowest BCUT2D eigenvalue weighted by atomic mass is 10.2. The molecule has 5 heteroatoms. The van der Waals surface area contributed by atoms with Gasteiger partial charge >= 0.3 is 0 Å². The van der Waals surface area contributed by atoms with E-state index in [4.69, 9.17) is 45.3 Å². The van der Waals surface area contributed by atoms with Gasteiger partial charge in [0.2, 0.25) is 0 Å². The van der Waals surface area contributed by atoms with Crippen molar-refractivity contribution in [3.05, 3.63) is 57.0 Å². The lowest BCUT2D eigenvalue weighted by molar-refractivity contribution is 0.306. The summed E-state index contributed by atoms with van der Waals surface area (Å²) in [5, 5.41) is 1.60. The van der Waals surface area contributed by atoms with Gasteiger partial charge in [-0.2, -0.15) is 0 Å². The van der Waals surface area contributed by atoms with Crippen LogP contribution in [0.3, 0.4) is 0 Å². The van der Waals surface area contributed by atoms with Gasteiger partial charge in [-0.15, -0.1) is 0 Å². The Morgan fingerprint density at radius 2 is 1.61 bits per heavy atom. The largest absolute Gasteiger partial charge is 0.489 e. The molecule has 0 aliphatic carbocycles. The molecule has 2 aromatic carbocycles. The summed E-state index contributed by atoms with van der Waals surface area (Å²) in [6.07, 6.45) is 0. The van der Waals surface area contributed by atoms with Gasteiger partial charge < -0.3 is 10.5 Å². The zero-order valence-corrected chi connectivity index (χ0v) is 11.6. The fourth-order valence-electron chi connectivity index (χ4n) is 1.46. The Kier molecular flexibility index (Phi) is 4.23. The number of halogens is 3. The fraction of sp³-hybridized carbons (Fsp3) is 0.0769. The first kappa shape index (κ1) is 13.3. The lowest BCUT2D eigenvalue weighted by Crippen LogP contribution is -1.97. The Hall–Kier alpha value is -1.09. The minimum Gasteiger partial charge on any atom is -0.489 e. The van der Waals surface area contributed by atoms with Crippen molar-refractivity contribution >= 4 is 40.5 Å². The maximum absolute atomic E-state index is 5.88. The first-order valence-electron chi connectivity index (χ1n) is 5.17. The van der Waals surface area contributed by atoms with E-state index in [0.29, 0.717) is 33.1 Å². The highest BCUT2D eigenvalue weighted by molar-refractivity contribution is 6.34. The topological polar surface area (TPSA) is 35.2 Å². The molecule has 0 aromatic heterocycles. The van der Waals surface area contributed by atoms with Crippen LogP contribution in [-0.2, 0) is 6.61 Å². The van der Waals surface area contributed by atoms with Gasteiger partial charge in [0.25, 0.3) is 0 Å². The van der Waals surface area contributed by atoms with E-state index < -0.39 is 0 Å². The summed E-state index contributed by atoms with van der Waals surface area (Å²) in [6, 6.07) is 10.4. The van der Waals surface area contributed by atoms with E-state index in [2.05, 4.69) is 0 Å². The SMILES string of the molecule is Nc1cc(COc2cc(Cl)cc(Cl)c2)ccc1Cl. The Morgan fingerprint density at radius 3 is 2.22 bits per heavy atom. The molecule has 0 spiro atoms. The number of hydrogen-bond donors (Lipinski definition) is 1. The van der Waals surface area contributed by atoms with Crippen molar-refractivity contribution in [3.8, 4) is 5.75 Å². The van der Waals surface area contributed by atoms with Gasteiger partial charge in [-0.1, -0.05) is 40.9 Å². The highest BCUT2D eigenvalue weighted by atomic mass is 35.5. The number of nitrogens with two attached hydrogens (primary N) is 1. The van der Waals surface area contributed by atoms with Crippen LogP contribution in [0, 0.1) is 0 Å². The molecule has 0 aliphatic rings. The average molecular weight is 303 g/mol. The molecule has 0 unspecified atom stereocenters. The minimum absolute atomic E-state index is 0.373. The molecule has 0 aliphatic heterocycles. The van der Waals surface area contributed by atoms with Crippen LogP contribution in [0.15, 0.2) is 36.4 Å². The Balaban J connectivity index is 2.08. The molecule has 94 valence electrons. The molecule has 0 heterocycles. The van der Waals surface area contributed by atoms with Crippen molar-refractivity contribution in [1.82, 2.24) is 0 Å². The number of rotatable bonds is 3. The molecule has 2 N–H and O–H groups in total. The maximum atomic E-state index is 5.88. The van der Waals surface area contributed by atoms with Gasteiger partial charge in [0.05, 0.1) is 10.7 Å². The normalized spacial score (nSPS) is 10.4. The highest BCUT2D eigenvalue weighted by Gasteiger charge is 2.02. The first-order chi connectivity index (χ1) is 8.54. The van der Waals surface area contributed by atoms with Gasteiger partial charge in [-0.25, -0.2) is 0 Å². The molecule has 2 nitrogen and oxygen atoms in total. The van der Waals surface area contributed by atoms with Crippen molar-refractivity contribution in [2.45, 2.75) is 6.61 Å². The quantitative estimate of drug-likeness (QED) is 0.826.